The zero-order chi connectivity index (χ0) is 15.2. The highest BCUT2D eigenvalue weighted by Crippen LogP contribution is 2.11. The second-order valence-corrected chi connectivity index (χ2v) is 4.98. The van der Waals surface area contributed by atoms with Crippen LogP contribution in [0.3, 0.4) is 0 Å². The molecule has 0 aliphatic rings. The maximum atomic E-state index is 9.13. The van der Waals surface area contributed by atoms with E-state index in [-0.39, 0.29) is 6.61 Å². The lowest BCUT2D eigenvalue weighted by Gasteiger charge is -2.05. The first-order valence-electron chi connectivity index (χ1n) is 7.05. The van der Waals surface area contributed by atoms with E-state index in [4.69, 9.17) is 5.11 Å². The van der Waals surface area contributed by atoms with Crippen LogP contribution in [0, 0.1) is 0 Å². The maximum Gasteiger partial charge on any atom is 0.102 e. The zero-order valence-electron chi connectivity index (χ0n) is 12.1. The number of hydrogen-bond acceptors (Lipinski definition) is 5. The Morgan fingerprint density at radius 2 is 2.05 bits per heavy atom. The number of anilines is 1. The number of aliphatic hydroxyl groups excluding tert-OH is 1. The fourth-order valence-electron chi connectivity index (χ4n) is 2.15. The average molecular weight is 295 g/mol. The summed E-state index contributed by atoms with van der Waals surface area (Å²) in [6, 6.07) is 11.6. The number of pyridine rings is 1. The predicted octanol–water partition coefficient (Wildman–Crippen LogP) is 1.83. The number of nitrogens with one attached hydrogen (secondary N) is 1. The fourth-order valence-corrected chi connectivity index (χ4v) is 2.15. The van der Waals surface area contributed by atoms with Crippen molar-refractivity contribution >= 4 is 5.69 Å². The van der Waals surface area contributed by atoms with Crippen molar-refractivity contribution in [2.45, 2.75) is 19.7 Å². The van der Waals surface area contributed by atoms with Gasteiger partial charge in [0.2, 0.25) is 0 Å². The van der Waals surface area contributed by atoms with Crippen LogP contribution in [0.5, 0.6) is 0 Å². The highest BCUT2D eigenvalue weighted by atomic mass is 16.3. The number of aromatic nitrogens is 4. The van der Waals surface area contributed by atoms with E-state index >= 15 is 0 Å². The molecule has 6 heteroatoms. The van der Waals surface area contributed by atoms with Gasteiger partial charge in [-0.25, -0.2) is 4.68 Å². The summed E-state index contributed by atoms with van der Waals surface area (Å²) in [4.78, 5) is 4.09. The van der Waals surface area contributed by atoms with Crippen LogP contribution < -0.4 is 5.32 Å². The molecule has 3 rings (SSSR count). The van der Waals surface area contributed by atoms with E-state index in [0.29, 0.717) is 13.1 Å². The van der Waals surface area contributed by atoms with Crippen molar-refractivity contribution in [2.75, 3.05) is 5.32 Å². The molecule has 1 aromatic carbocycles. The number of hydrogen-bond donors (Lipinski definition) is 2. The van der Waals surface area contributed by atoms with Crippen LogP contribution in [0.15, 0.2) is 55.0 Å². The van der Waals surface area contributed by atoms with Crippen molar-refractivity contribution in [1.29, 1.82) is 0 Å². The molecule has 0 fully saturated rings. The standard InChI is InChI=1S/C16H17N5O/c22-12-13-3-1-5-15(7-13)18-9-16-11-21(20-19-16)10-14-4-2-6-17-8-14/h1-8,11,18,22H,9-10,12H2. The van der Waals surface area contributed by atoms with E-state index in [1.54, 1.807) is 10.9 Å². The second-order valence-electron chi connectivity index (χ2n) is 4.98. The van der Waals surface area contributed by atoms with Gasteiger partial charge in [0.05, 0.1) is 25.9 Å². The van der Waals surface area contributed by atoms with E-state index in [0.717, 1.165) is 22.5 Å². The number of aliphatic hydroxyl groups is 1. The molecule has 3 aromatic rings. The van der Waals surface area contributed by atoms with Gasteiger partial charge in [-0.05, 0) is 29.3 Å². The Morgan fingerprint density at radius 3 is 2.86 bits per heavy atom. The fraction of sp³-hybridized carbons (Fsp3) is 0.188. The summed E-state index contributed by atoms with van der Waals surface area (Å²) in [5.41, 5.74) is 3.78. The minimum Gasteiger partial charge on any atom is -0.392 e. The first-order chi connectivity index (χ1) is 10.8. The lowest BCUT2D eigenvalue weighted by molar-refractivity contribution is 0.282. The molecule has 6 nitrogen and oxygen atoms in total. The molecule has 22 heavy (non-hydrogen) atoms. The Kier molecular flexibility index (Phi) is 4.41. The van der Waals surface area contributed by atoms with E-state index in [9.17, 15) is 0 Å². The molecular weight excluding hydrogens is 278 g/mol. The van der Waals surface area contributed by atoms with Gasteiger partial charge >= 0.3 is 0 Å². The third-order valence-electron chi connectivity index (χ3n) is 3.24. The highest BCUT2D eigenvalue weighted by Gasteiger charge is 2.02. The van der Waals surface area contributed by atoms with Crippen molar-refractivity contribution < 1.29 is 5.11 Å². The summed E-state index contributed by atoms with van der Waals surface area (Å²) in [6.45, 7) is 1.28. The summed E-state index contributed by atoms with van der Waals surface area (Å²) >= 11 is 0. The van der Waals surface area contributed by atoms with E-state index in [1.807, 2.05) is 48.8 Å². The molecule has 2 N–H and O–H groups in total. The van der Waals surface area contributed by atoms with Crippen molar-refractivity contribution in [1.82, 2.24) is 20.0 Å². The van der Waals surface area contributed by atoms with Crippen LogP contribution in [-0.2, 0) is 19.7 Å². The predicted molar refractivity (Wildman–Crippen MR) is 83.1 cm³/mol. The molecular formula is C16H17N5O. The molecule has 0 saturated carbocycles. The third-order valence-corrected chi connectivity index (χ3v) is 3.24. The van der Waals surface area contributed by atoms with E-state index < -0.39 is 0 Å². The number of nitrogens with zero attached hydrogens (tertiary/aromatic N) is 4. The molecule has 0 bridgehead atoms. The number of benzene rings is 1. The van der Waals surface area contributed by atoms with Crippen molar-refractivity contribution in [3.63, 3.8) is 0 Å². The Bertz CT molecular complexity index is 726. The summed E-state index contributed by atoms with van der Waals surface area (Å²) in [7, 11) is 0. The Balaban J connectivity index is 1.59. The van der Waals surface area contributed by atoms with Crippen LogP contribution in [0.25, 0.3) is 0 Å². The van der Waals surface area contributed by atoms with Crippen molar-refractivity contribution in [3.05, 3.63) is 71.8 Å². The smallest absolute Gasteiger partial charge is 0.102 e. The van der Waals surface area contributed by atoms with Gasteiger partial charge in [-0.15, -0.1) is 5.10 Å². The van der Waals surface area contributed by atoms with Crippen LogP contribution in [0.4, 0.5) is 5.69 Å². The molecule has 0 saturated heterocycles. The van der Waals surface area contributed by atoms with Gasteiger partial charge in [-0.1, -0.05) is 23.4 Å². The minimum absolute atomic E-state index is 0.0385. The van der Waals surface area contributed by atoms with Gasteiger partial charge in [0, 0.05) is 18.1 Å². The van der Waals surface area contributed by atoms with Crippen LogP contribution in [-0.4, -0.2) is 25.1 Å². The minimum atomic E-state index is 0.0385. The van der Waals surface area contributed by atoms with Gasteiger partial charge in [0.1, 0.15) is 5.69 Å². The molecule has 0 amide bonds. The molecule has 0 aliphatic heterocycles. The normalized spacial score (nSPS) is 10.6. The summed E-state index contributed by atoms with van der Waals surface area (Å²) < 4.78 is 1.79. The largest absolute Gasteiger partial charge is 0.392 e. The highest BCUT2D eigenvalue weighted by molar-refractivity contribution is 5.45. The third kappa shape index (κ3) is 3.67. The molecule has 0 spiro atoms. The molecule has 0 atom stereocenters. The van der Waals surface area contributed by atoms with E-state index in [1.165, 1.54) is 0 Å². The van der Waals surface area contributed by atoms with Gasteiger partial charge in [-0.2, -0.15) is 0 Å². The topological polar surface area (TPSA) is 75.9 Å². The zero-order valence-corrected chi connectivity index (χ0v) is 12.1. The average Bonchev–Trinajstić information content (AvgIpc) is 3.01. The van der Waals surface area contributed by atoms with Gasteiger partial charge < -0.3 is 10.4 Å². The Labute approximate surface area is 128 Å². The summed E-state index contributed by atoms with van der Waals surface area (Å²) in [6.07, 6.45) is 5.48. The van der Waals surface area contributed by atoms with Crippen LogP contribution >= 0.6 is 0 Å². The monoisotopic (exact) mass is 295 g/mol. The Hall–Kier alpha value is -2.73. The Morgan fingerprint density at radius 1 is 1.14 bits per heavy atom. The van der Waals surface area contributed by atoms with Crippen molar-refractivity contribution in [3.8, 4) is 0 Å². The first kappa shape index (κ1) is 14.2. The first-order valence-corrected chi connectivity index (χ1v) is 7.05. The molecule has 2 heterocycles. The second kappa shape index (κ2) is 6.82. The SMILES string of the molecule is OCc1cccc(NCc2cn(Cc3cccnc3)nn2)c1. The van der Waals surface area contributed by atoms with E-state index in [2.05, 4.69) is 20.6 Å². The lowest BCUT2D eigenvalue weighted by Crippen LogP contribution is -2.01. The molecule has 112 valence electrons. The maximum absolute atomic E-state index is 9.13. The van der Waals surface area contributed by atoms with Gasteiger partial charge in [0.25, 0.3) is 0 Å². The quantitative estimate of drug-likeness (QED) is 0.725. The summed E-state index contributed by atoms with van der Waals surface area (Å²) in [5.74, 6) is 0. The van der Waals surface area contributed by atoms with Gasteiger partial charge in [0.15, 0.2) is 0 Å². The number of rotatable bonds is 6. The summed E-state index contributed by atoms with van der Waals surface area (Å²) in [5, 5.41) is 20.7. The molecule has 0 unspecified atom stereocenters. The molecule has 0 radical (unpaired) electrons. The molecule has 2 aromatic heterocycles. The van der Waals surface area contributed by atoms with Crippen LogP contribution in [0.2, 0.25) is 0 Å². The molecule has 0 aliphatic carbocycles. The van der Waals surface area contributed by atoms with Crippen molar-refractivity contribution in [2.24, 2.45) is 0 Å². The van der Waals surface area contributed by atoms with Crippen LogP contribution in [0.1, 0.15) is 16.8 Å². The van der Waals surface area contributed by atoms with Gasteiger partial charge in [-0.3, -0.25) is 4.98 Å². The lowest BCUT2D eigenvalue weighted by atomic mass is 10.2.